The van der Waals surface area contributed by atoms with Crippen LogP contribution in [0.2, 0.25) is 0 Å². The Morgan fingerprint density at radius 3 is 3.00 bits per heavy atom. The molecule has 0 amide bonds. The number of ether oxygens (including phenoxy) is 1. The third-order valence-electron chi connectivity index (χ3n) is 0.982. The van der Waals surface area contributed by atoms with Crippen molar-refractivity contribution in [3.63, 3.8) is 0 Å². The number of pyridine rings is 1. The summed E-state index contributed by atoms with van der Waals surface area (Å²) < 4.78 is 17.2. The first-order chi connectivity index (χ1) is 4.83. The van der Waals surface area contributed by atoms with Crippen molar-refractivity contribution in [1.29, 1.82) is 0 Å². The Morgan fingerprint density at radius 1 is 1.60 bits per heavy atom. The topological polar surface area (TPSA) is 22.1 Å². The molecule has 1 aromatic rings. The SMILES string of the molecule is CCOc1cccc(F)n1. The molecule has 3 heteroatoms. The van der Waals surface area contributed by atoms with Crippen LogP contribution in [0.1, 0.15) is 6.92 Å². The minimum absolute atomic E-state index is 0.336. The second-order valence-electron chi connectivity index (χ2n) is 1.73. The van der Waals surface area contributed by atoms with E-state index in [1.807, 2.05) is 6.92 Å². The molecule has 0 aliphatic carbocycles. The lowest BCUT2D eigenvalue weighted by Gasteiger charge is -1.98. The zero-order valence-corrected chi connectivity index (χ0v) is 5.67. The third kappa shape index (κ3) is 1.69. The first kappa shape index (κ1) is 6.99. The lowest BCUT2D eigenvalue weighted by molar-refractivity contribution is 0.321. The molecule has 0 N–H and O–H groups in total. The van der Waals surface area contributed by atoms with Crippen molar-refractivity contribution in [2.45, 2.75) is 6.92 Å². The Morgan fingerprint density at radius 2 is 2.40 bits per heavy atom. The van der Waals surface area contributed by atoms with E-state index < -0.39 is 5.95 Å². The smallest absolute Gasteiger partial charge is 0.216 e. The summed E-state index contributed by atoms with van der Waals surface area (Å²) in [5.74, 6) is -0.173. The number of aromatic nitrogens is 1. The molecule has 0 aromatic carbocycles. The zero-order valence-electron chi connectivity index (χ0n) is 5.67. The van der Waals surface area contributed by atoms with Crippen LogP contribution in [0.3, 0.4) is 0 Å². The summed E-state index contributed by atoms with van der Waals surface area (Å²) in [6.07, 6.45) is 0. The fourth-order valence-electron chi connectivity index (χ4n) is 0.618. The molecular weight excluding hydrogens is 133 g/mol. The summed E-state index contributed by atoms with van der Waals surface area (Å²) in [7, 11) is 0. The summed E-state index contributed by atoms with van der Waals surface area (Å²) in [4.78, 5) is 3.47. The van der Waals surface area contributed by atoms with Gasteiger partial charge in [-0.25, -0.2) is 0 Å². The van der Waals surface area contributed by atoms with Crippen LogP contribution in [0.4, 0.5) is 4.39 Å². The Kier molecular flexibility index (Phi) is 2.20. The molecule has 0 fully saturated rings. The summed E-state index contributed by atoms with van der Waals surface area (Å²) >= 11 is 0. The van der Waals surface area contributed by atoms with E-state index in [0.29, 0.717) is 12.5 Å². The van der Waals surface area contributed by atoms with E-state index in [2.05, 4.69) is 4.98 Å². The predicted molar refractivity (Wildman–Crippen MR) is 35.4 cm³/mol. The molecule has 0 saturated heterocycles. The molecule has 1 rings (SSSR count). The molecule has 0 radical (unpaired) electrons. The van der Waals surface area contributed by atoms with Gasteiger partial charge < -0.3 is 4.74 Å². The van der Waals surface area contributed by atoms with Crippen LogP contribution in [-0.4, -0.2) is 11.6 Å². The van der Waals surface area contributed by atoms with Crippen molar-refractivity contribution in [2.24, 2.45) is 0 Å². The molecular formula is C7H8FNO. The van der Waals surface area contributed by atoms with Gasteiger partial charge in [0.1, 0.15) is 0 Å². The monoisotopic (exact) mass is 141 g/mol. The van der Waals surface area contributed by atoms with Crippen LogP contribution in [0.5, 0.6) is 5.88 Å². The fraction of sp³-hybridized carbons (Fsp3) is 0.286. The minimum atomic E-state index is -0.508. The van der Waals surface area contributed by atoms with E-state index in [-0.39, 0.29) is 0 Å². The molecule has 0 spiro atoms. The normalized spacial score (nSPS) is 9.40. The molecule has 0 aliphatic rings. The van der Waals surface area contributed by atoms with Gasteiger partial charge in [-0.1, -0.05) is 6.07 Å². The average Bonchev–Trinajstić information content (AvgIpc) is 1.88. The maximum atomic E-state index is 12.3. The fourth-order valence-corrected chi connectivity index (χ4v) is 0.618. The first-order valence-electron chi connectivity index (χ1n) is 3.08. The molecule has 10 heavy (non-hydrogen) atoms. The molecule has 2 nitrogen and oxygen atoms in total. The van der Waals surface area contributed by atoms with Gasteiger partial charge in [-0.05, 0) is 13.0 Å². The van der Waals surface area contributed by atoms with E-state index in [1.165, 1.54) is 6.07 Å². The standard InChI is InChI=1S/C7H8FNO/c1-2-10-7-5-3-4-6(8)9-7/h3-5H,2H2,1H3. The summed E-state index contributed by atoms with van der Waals surface area (Å²) in [6, 6.07) is 4.46. The van der Waals surface area contributed by atoms with Crippen LogP contribution < -0.4 is 4.74 Å². The van der Waals surface area contributed by atoms with Crippen molar-refractivity contribution in [1.82, 2.24) is 4.98 Å². The van der Waals surface area contributed by atoms with Crippen LogP contribution in [-0.2, 0) is 0 Å². The van der Waals surface area contributed by atoms with Gasteiger partial charge >= 0.3 is 0 Å². The van der Waals surface area contributed by atoms with Gasteiger partial charge in [-0.2, -0.15) is 9.37 Å². The molecule has 1 heterocycles. The lowest BCUT2D eigenvalue weighted by atomic mass is 10.5. The van der Waals surface area contributed by atoms with Gasteiger partial charge in [-0.3, -0.25) is 0 Å². The summed E-state index contributed by atoms with van der Waals surface area (Å²) in [6.45, 7) is 2.34. The Bertz CT molecular complexity index is 215. The van der Waals surface area contributed by atoms with E-state index >= 15 is 0 Å². The number of hydrogen-bond acceptors (Lipinski definition) is 2. The largest absolute Gasteiger partial charge is 0.478 e. The quantitative estimate of drug-likeness (QED) is 0.584. The lowest BCUT2D eigenvalue weighted by Crippen LogP contribution is -1.94. The van der Waals surface area contributed by atoms with Crippen LogP contribution >= 0.6 is 0 Å². The maximum absolute atomic E-state index is 12.3. The van der Waals surface area contributed by atoms with E-state index in [1.54, 1.807) is 12.1 Å². The second kappa shape index (κ2) is 3.15. The van der Waals surface area contributed by atoms with Crippen LogP contribution in [0.25, 0.3) is 0 Å². The highest BCUT2D eigenvalue weighted by Gasteiger charge is 1.93. The molecule has 54 valence electrons. The first-order valence-corrected chi connectivity index (χ1v) is 3.08. The number of hydrogen-bond donors (Lipinski definition) is 0. The van der Waals surface area contributed by atoms with Gasteiger partial charge in [-0.15, -0.1) is 0 Å². The Hall–Kier alpha value is -1.12. The number of halogens is 1. The van der Waals surface area contributed by atoms with Gasteiger partial charge in [0.25, 0.3) is 0 Å². The predicted octanol–water partition coefficient (Wildman–Crippen LogP) is 1.62. The maximum Gasteiger partial charge on any atom is 0.216 e. The molecule has 0 unspecified atom stereocenters. The van der Waals surface area contributed by atoms with Crippen LogP contribution in [0.15, 0.2) is 18.2 Å². The van der Waals surface area contributed by atoms with Gasteiger partial charge in [0.15, 0.2) is 0 Å². The van der Waals surface area contributed by atoms with Crippen molar-refractivity contribution >= 4 is 0 Å². The highest BCUT2D eigenvalue weighted by atomic mass is 19.1. The highest BCUT2D eigenvalue weighted by molar-refractivity contribution is 5.09. The number of rotatable bonds is 2. The Balaban J connectivity index is 2.75. The van der Waals surface area contributed by atoms with E-state index in [0.717, 1.165) is 0 Å². The van der Waals surface area contributed by atoms with Crippen molar-refractivity contribution < 1.29 is 9.13 Å². The average molecular weight is 141 g/mol. The van der Waals surface area contributed by atoms with E-state index in [9.17, 15) is 4.39 Å². The molecule has 0 aliphatic heterocycles. The van der Waals surface area contributed by atoms with E-state index in [4.69, 9.17) is 4.74 Å². The summed E-state index contributed by atoms with van der Waals surface area (Å²) in [5, 5.41) is 0. The molecule has 0 atom stereocenters. The second-order valence-corrected chi connectivity index (χ2v) is 1.73. The van der Waals surface area contributed by atoms with Gasteiger partial charge in [0.2, 0.25) is 11.8 Å². The van der Waals surface area contributed by atoms with Crippen LogP contribution in [0, 0.1) is 5.95 Å². The molecule has 0 bridgehead atoms. The highest BCUT2D eigenvalue weighted by Crippen LogP contribution is 2.05. The number of nitrogens with zero attached hydrogens (tertiary/aromatic N) is 1. The van der Waals surface area contributed by atoms with Gasteiger partial charge in [0, 0.05) is 6.07 Å². The van der Waals surface area contributed by atoms with Crippen molar-refractivity contribution in [3.8, 4) is 5.88 Å². The molecule has 1 aromatic heterocycles. The third-order valence-corrected chi connectivity index (χ3v) is 0.982. The zero-order chi connectivity index (χ0) is 7.40. The van der Waals surface area contributed by atoms with Crippen molar-refractivity contribution in [2.75, 3.05) is 6.61 Å². The minimum Gasteiger partial charge on any atom is -0.478 e. The Labute approximate surface area is 58.7 Å². The molecule has 0 saturated carbocycles. The summed E-state index contributed by atoms with van der Waals surface area (Å²) in [5.41, 5.74) is 0. The van der Waals surface area contributed by atoms with Crippen molar-refractivity contribution in [3.05, 3.63) is 24.1 Å². The van der Waals surface area contributed by atoms with Gasteiger partial charge in [0.05, 0.1) is 6.61 Å².